The van der Waals surface area contributed by atoms with E-state index >= 15 is 0 Å². The van der Waals surface area contributed by atoms with E-state index in [1.807, 2.05) is 18.9 Å². The maximum absolute atomic E-state index is 9.67. The first-order valence-corrected chi connectivity index (χ1v) is 5.48. The van der Waals surface area contributed by atoms with Crippen LogP contribution in [0.15, 0.2) is 6.20 Å². The molecule has 0 fully saturated rings. The van der Waals surface area contributed by atoms with Crippen molar-refractivity contribution in [2.24, 2.45) is 0 Å². The SMILES string of the molecule is CNc1ncc(C)c(N(C)CC(O)COC)n1. The average Bonchev–Trinajstić information content (AvgIpc) is 2.29. The second-order valence-corrected chi connectivity index (χ2v) is 3.94. The molecular formula is C11H20N4O2. The number of aryl methyl sites for hydroxylation is 1. The third-order valence-corrected chi connectivity index (χ3v) is 2.37. The Labute approximate surface area is 102 Å². The quantitative estimate of drug-likeness (QED) is 0.744. The Bertz CT molecular complexity index is 359. The fourth-order valence-corrected chi connectivity index (χ4v) is 1.59. The molecule has 0 radical (unpaired) electrons. The van der Waals surface area contributed by atoms with Gasteiger partial charge in [-0.2, -0.15) is 4.98 Å². The van der Waals surface area contributed by atoms with Gasteiger partial charge >= 0.3 is 0 Å². The maximum atomic E-state index is 9.67. The van der Waals surface area contributed by atoms with E-state index in [0.29, 0.717) is 19.1 Å². The third kappa shape index (κ3) is 3.83. The van der Waals surface area contributed by atoms with Crippen LogP contribution in [0.1, 0.15) is 5.56 Å². The molecule has 0 spiro atoms. The summed E-state index contributed by atoms with van der Waals surface area (Å²) >= 11 is 0. The summed E-state index contributed by atoms with van der Waals surface area (Å²) in [4.78, 5) is 10.4. The fourth-order valence-electron chi connectivity index (χ4n) is 1.59. The van der Waals surface area contributed by atoms with E-state index in [0.717, 1.165) is 11.4 Å². The van der Waals surface area contributed by atoms with Crippen LogP contribution in [0.2, 0.25) is 0 Å². The highest BCUT2D eigenvalue weighted by atomic mass is 16.5. The van der Waals surface area contributed by atoms with Crippen LogP contribution < -0.4 is 10.2 Å². The molecule has 2 N–H and O–H groups in total. The first-order chi connectivity index (χ1) is 8.08. The maximum Gasteiger partial charge on any atom is 0.224 e. The van der Waals surface area contributed by atoms with Gasteiger partial charge < -0.3 is 20.1 Å². The van der Waals surface area contributed by atoms with Crippen LogP contribution >= 0.6 is 0 Å². The van der Waals surface area contributed by atoms with E-state index in [2.05, 4.69) is 15.3 Å². The largest absolute Gasteiger partial charge is 0.389 e. The minimum atomic E-state index is -0.530. The van der Waals surface area contributed by atoms with Gasteiger partial charge in [-0.15, -0.1) is 0 Å². The lowest BCUT2D eigenvalue weighted by molar-refractivity contribution is 0.0694. The number of ether oxygens (including phenoxy) is 1. The van der Waals surface area contributed by atoms with Crippen LogP contribution in [0.3, 0.4) is 0 Å². The molecule has 6 heteroatoms. The van der Waals surface area contributed by atoms with Gasteiger partial charge in [-0.1, -0.05) is 0 Å². The lowest BCUT2D eigenvalue weighted by atomic mass is 10.3. The highest BCUT2D eigenvalue weighted by molar-refractivity contribution is 5.48. The number of rotatable bonds is 6. The topological polar surface area (TPSA) is 70.5 Å². The standard InChI is InChI=1S/C11H20N4O2/c1-8-5-13-11(12-2)14-10(8)15(3)6-9(16)7-17-4/h5,9,16H,6-7H2,1-4H3,(H,12,13,14). The summed E-state index contributed by atoms with van der Waals surface area (Å²) in [5.41, 5.74) is 0.969. The van der Waals surface area contributed by atoms with Crippen molar-refractivity contribution < 1.29 is 9.84 Å². The van der Waals surface area contributed by atoms with Crippen LogP contribution in [0.4, 0.5) is 11.8 Å². The van der Waals surface area contributed by atoms with Gasteiger partial charge in [-0.3, -0.25) is 0 Å². The number of anilines is 2. The van der Waals surface area contributed by atoms with Gasteiger partial charge in [-0.25, -0.2) is 4.98 Å². The predicted octanol–water partition coefficient (Wildman–Crippen LogP) is 0.270. The van der Waals surface area contributed by atoms with Crippen LogP contribution in [0.25, 0.3) is 0 Å². The van der Waals surface area contributed by atoms with E-state index in [1.54, 1.807) is 20.4 Å². The summed E-state index contributed by atoms with van der Waals surface area (Å²) in [7, 11) is 5.22. The predicted molar refractivity (Wildman–Crippen MR) is 67.5 cm³/mol. The number of nitrogens with one attached hydrogen (secondary N) is 1. The first-order valence-electron chi connectivity index (χ1n) is 5.48. The average molecular weight is 240 g/mol. The van der Waals surface area contributed by atoms with Crippen LogP contribution in [-0.2, 0) is 4.74 Å². The van der Waals surface area contributed by atoms with Gasteiger partial charge in [0.1, 0.15) is 5.82 Å². The molecule has 1 aromatic heterocycles. The van der Waals surface area contributed by atoms with Crippen molar-refractivity contribution in [1.82, 2.24) is 9.97 Å². The molecule has 1 unspecified atom stereocenters. The van der Waals surface area contributed by atoms with Gasteiger partial charge in [0.25, 0.3) is 0 Å². The molecule has 17 heavy (non-hydrogen) atoms. The van der Waals surface area contributed by atoms with E-state index < -0.39 is 6.10 Å². The normalized spacial score (nSPS) is 12.3. The summed E-state index contributed by atoms with van der Waals surface area (Å²) in [6.07, 6.45) is 1.23. The monoisotopic (exact) mass is 240 g/mol. The van der Waals surface area contributed by atoms with Crippen LogP contribution in [0, 0.1) is 6.92 Å². The Morgan fingerprint density at radius 1 is 1.59 bits per heavy atom. The summed E-state index contributed by atoms with van der Waals surface area (Å²) in [5.74, 6) is 1.37. The highest BCUT2D eigenvalue weighted by Gasteiger charge is 2.12. The Balaban J connectivity index is 2.76. The number of aromatic nitrogens is 2. The molecular weight excluding hydrogens is 220 g/mol. The zero-order valence-electron chi connectivity index (χ0n) is 10.8. The number of nitrogens with zero attached hydrogens (tertiary/aromatic N) is 3. The minimum Gasteiger partial charge on any atom is -0.389 e. The van der Waals surface area contributed by atoms with Gasteiger partial charge in [-0.05, 0) is 6.92 Å². The number of likely N-dealkylation sites (N-methyl/N-ethyl adjacent to an activating group) is 1. The number of hydrogen-bond acceptors (Lipinski definition) is 6. The summed E-state index contributed by atoms with van der Waals surface area (Å²) in [6.45, 7) is 2.72. The molecule has 0 aliphatic rings. The van der Waals surface area contributed by atoms with E-state index in [1.165, 1.54) is 0 Å². The van der Waals surface area contributed by atoms with Gasteiger partial charge in [0, 0.05) is 39.5 Å². The molecule has 0 amide bonds. The van der Waals surface area contributed by atoms with E-state index in [-0.39, 0.29) is 0 Å². The van der Waals surface area contributed by atoms with E-state index in [9.17, 15) is 5.11 Å². The molecule has 0 saturated heterocycles. The molecule has 0 aliphatic heterocycles. The van der Waals surface area contributed by atoms with Crippen molar-refractivity contribution in [2.75, 3.05) is 44.6 Å². The molecule has 0 aromatic carbocycles. The Hall–Kier alpha value is -1.40. The number of aliphatic hydroxyl groups is 1. The van der Waals surface area contributed by atoms with Gasteiger partial charge in [0.05, 0.1) is 12.7 Å². The molecule has 96 valence electrons. The fraction of sp³-hybridized carbons (Fsp3) is 0.636. The molecule has 1 atom stereocenters. The smallest absolute Gasteiger partial charge is 0.224 e. The third-order valence-electron chi connectivity index (χ3n) is 2.37. The van der Waals surface area contributed by atoms with Crippen molar-refractivity contribution in [1.29, 1.82) is 0 Å². The van der Waals surface area contributed by atoms with Gasteiger partial charge in [0.15, 0.2) is 0 Å². The molecule has 1 aromatic rings. The zero-order valence-corrected chi connectivity index (χ0v) is 10.8. The lowest BCUT2D eigenvalue weighted by Gasteiger charge is -2.23. The van der Waals surface area contributed by atoms with E-state index in [4.69, 9.17) is 4.74 Å². The number of hydrogen-bond donors (Lipinski definition) is 2. The van der Waals surface area contributed by atoms with Crippen molar-refractivity contribution in [3.05, 3.63) is 11.8 Å². The van der Waals surface area contributed by atoms with Crippen molar-refractivity contribution in [3.8, 4) is 0 Å². The summed E-state index contributed by atoms with van der Waals surface area (Å²) in [5, 5.41) is 12.6. The van der Waals surface area contributed by atoms with Crippen LogP contribution in [0.5, 0.6) is 0 Å². The zero-order chi connectivity index (χ0) is 12.8. The first kappa shape index (κ1) is 13.7. The van der Waals surface area contributed by atoms with Crippen molar-refractivity contribution in [3.63, 3.8) is 0 Å². The summed E-state index contributed by atoms with van der Waals surface area (Å²) < 4.78 is 4.89. The lowest BCUT2D eigenvalue weighted by Crippen LogP contribution is -2.33. The van der Waals surface area contributed by atoms with Gasteiger partial charge in [0.2, 0.25) is 5.95 Å². The van der Waals surface area contributed by atoms with Crippen molar-refractivity contribution in [2.45, 2.75) is 13.0 Å². The molecule has 1 rings (SSSR count). The molecule has 0 aliphatic carbocycles. The molecule has 1 heterocycles. The van der Waals surface area contributed by atoms with Crippen LogP contribution in [-0.4, -0.2) is 55.5 Å². The molecule has 6 nitrogen and oxygen atoms in total. The Morgan fingerprint density at radius 3 is 2.88 bits per heavy atom. The Morgan fingerprint density at radius 2 is 2.29 bits per heavy atom. The highest BCUT2D eigenvalue weighted by Crippen LogP contribution is 2.16. The van der Waals surface area contributed by atoms with Crippen molar-refractivity contribution >= 4 is 11.8 Å². The second kappa shape index (κ2) is 6.36. The minimum absolute atomic E-state index is 0.313. The number of aliphatic hydroxyl groups excluding tert-OH is 1. The second-order valence-electron chi connectivity index (χ2n) is 3.94. The number of methoxy groups -OCH3 is 1. The molecule has 0 saturated carbocycles. The molecule has 0 bridgehead atoms. The Kier molecular flexibility index (Phi) is 5.11. The summed E-state index contributed by atoms with van der Waals surface area (Å²) in [6, 6.07) is 0.